The Hall–Kier alpha value is -1.43. The van der Waals surface area contributed by atoms with Crippen LogP contribution in [0, 0.1) is 0 Å². The van der Waals surface area contributed by atoms with Gasteiger partial charge in [-0.3, -0.25) is 14.3 Å². The number of ether oxygens (including phenoxy) is 5. The molecule has 0 saturated carbocycles. The van der Waals surface area contributed by atoms with Crippen LogP contribution in [0.4, 0.5) is 0 Å². The van der Waals surface area contributed by atoms with Crippen molar-refractivity contribution in [3.8, 4) is 5.75 Å². The Labute approximate surface area is 143 Å². The molecule has 138 valence electrons. The average Bonchev–Trinajstić information content (AvgIpc) is 3.12. The summed E-state index contributed by atoms with van der Waals surface area (Å²) in [4.78, 5) is 26.0. The highest BCUT2D eigenvalue weighted by Crippen LogP contribution is 2.39. The molecule has 3 rings (SSSR count). The van der Waals surface area contributed by atoms with Crippen molar-refractivity contribution in [2.75, 3.05) is 20.8 Å². The van der Waals surface area contributed by atoms with Crippen LogP contribution in [0.1, 0.15) is 6.23 Å². The van der Waals surface area contributed by atoms with Crippen LogP contribution in [0.2, 0.25) is 0 Å². The topological polar surface area (TPSA) is 127 Å². The summed E-state index contributed by atoms with van der Waals surface area (Å²) in [6.07, 6.45) is -1.59. The van der Waals surface area contributed by atoms with E-state index >= 15 is 0 Å². The van der Waals surface area contributed by atoms with E-state index in [-0.39, 0.29) is 12.4 Å². The first kappa shape index (κ1) is 18.4. The lowest BCUT2D eigenvalue weighted by molar-refractivity contribution is -0.256. The van der Waals surface area contributed by atoms with Gasteiger partial charge in [-0.25, -0.2) is 4.79 Å². The smallest absolute Gasteiger partial charge is 0.330 e. The predicted molar refractivity (Wildman–Crippen MR) is 85.8 cm³/mol. The summed E-state index contributed by atoms with van der Waals surface area (Å²) in [5.74, 6) is -0.0553. The van der Waals surface area contributed by atoms with Gasteiger partial charge in [0.05, 0.1) is 19.9 Å². The van der Waals surface area contributed by atoms with Crippen molar-refractivity contribution < 1.29 is 32.8 Å². The van der Waals surface area contributed by atoms with Crippen LogP contribution >= 0.6 is 7.91 Å². The van der Waals surface area contributed by atoms with E-state index in [2.05, 4.69) is 4.98 Å². The lowest BCUT2D eigenvalue weighted by atomic mass is 10.1. The Kier molecular flexibility index (Phi) is 5.47. The molecule has 2 fully saturated rings. The van der Waals surface area contributed by atoms with E-state index in [1.165, 1.54) is 28.0 Å². The third kappa shape index (κ3) is 3.59. The quantitative estimate of drug-likeness (QED) is 0.452. The molecule has 25 heavy (non-hydrogen) atoms. The van der Waals surface area contributed by atoms with Crippen LogP contribution in [0.25, 0.3) is 0 Å². The number of methoxy groups -OCH3 is 2. The first-order chi connectivity index (χ1) is 11.9. The van der Waals surface area contributed by atoms with Crippen LogP contribution in [0.3, 0.4) is 0 Å². The second kappa shape index (κ2) is 7.44. The second-order valence-electron chi connectivity index (χ2n) is 5.46. The van der Waals surface area contributed by atoms with E-state index in [4.69, 9.17) is 28.2 Å². The van der Waals surface area contributed by atoms with Gasteiger partial charge >= 0.3 is 5.69 Å². The number of nitrogens with zero attached hydrogens (tertiary/aromatic N) is 1. The first-order valence-electron chi connectivity index (χ1n) is 7.46. The third-order valence-electron chi connectivity index (χ3n) is 3.89. The lowest BCUT2D eigenvalue weighted by Crippen LogP contribution is -2.37. The van der Waals surface area contributed by atoms with E-state index in [1.54, 1.807) is 0 Å². The van der Waals surface area contributed by atoms with Crippen molar-refractivity contribution in [3.05, 3.63) is 27.0 Å². The fourth-order valence-electron chi connectivity index (χ4n) is 2.78. The molecule has 2 aliphatic rings. The van der Waals surface area contributed by atoms with Crippen molar-refractivity contribution in [1.82, 2.24) is 9.55 Å². The number of fused-ring (bicyclic) bond motifs is 1. The van der Waals surface area contributed by atoms with Crippen LogP contribution in [0.5, 0.6) is 5.75 Å². The van der Waals surface area contributed by atoms with E-state index in [0.717, 1.165) is 4.57 Å². The molecule has 11 nitrogen and oxygen atoms in total. The van der Waals surface area contributed by atoms with Crippen molar-refractivity contribution in [3.63, 3.8) is 0 Å². The molecule has 0 aromatic carbocycles. The fourth-order valence-corrected chi connectivity index (χ4v) is 3.17. The largest absolute Gasteiger partial charge is 0.490 e. The van der Waals surface area contributed by atoms with E-state index < -0.39 is 50.2 Å². The van der Waals surface area contributed by atoms with Crippen molar-refractivity contribution in [1.29, 1.82) is 0 Å². The molecule has 1 aromatic rings. The first-order valence-corrected chi connectivity index (χ1v) is 9.28. The number of aromatic nitrogens is 2. The molecule has 3 unspecified atom stereocenters. The molecule has 1 aromatic heterocycles. The molecule has 0 spiro atoms. The van der Waals surface area contributed by atoms with Gasteiger partial charge in [-0.15, -0.1) is 0 Å². The minimum absolute atomic E-state index is 0.000988. The summed E-state index contributed by atoms with van der Waals surface area (Å²) < 4.78 is 44.5. The third-order valence-corrected chi connectivity index (χ3v) is 4.47. The molecular formula is C12H18BN2O9P. The Bertz CT molecular complexity index is 768. The normalized spacial score (nSPS) is 32.5. The zero-order chi connectivity index (χ0) is 18.1. The molecule has 0 amide bonds. The molecule has 1 N–H and O–H groups in total. The van der Waals surface area contributed by atoms with Crippen molar-refractivity contribution in [2.24, 2.45) is 0 Å². The number of hydrogen-bond acceptors (Lipinski definition) is 9. The highest BCUT2D eigenvalue weighted by Gasteiger charge is 2.54. The summed E-state index contributed by atoms with van der Waals surface area (Å²) in [5, 5.41) is 0. The van der Waals surface area contributed by atoms with Gasteiger partial charge in [0.2, 0.25) is 13.3 Å². The highest BCUT2D eigenvalue weighted by atomic mass is 31.1. The molecule has 0 aliphatic carbocycles. The van der Waals surface area contributed by atoms with Crippen LogP contribution in [-0.2, 0) is 28.0 Å². The number of hydrogen-bond donors (Lipinski definition) is 1. The van der Waals surface area contributed by atoms with Crippen molar-refractivity contribution in [2.45, 2.75) is 31.0 Å². The van der Waals surface area contributed by atoms with Gasteiger partial charge in [0.15, 0.2) is 6.23 Å². The van der Waals surface area contributed by atoms with Gasteiger partial charge < -0.3 is 32.8 Å². The monoisotopic (exact) mass is 376 g/mol. The maximum atomic E-state index is 12.2. The van der Waals surface area contributed by atoms with E-state index in [9.17, 15) is 14.2 Å². The van der Waals surface area contributed by atoms with Crippen LogP contribution in [-0.4, -0.2) is 62.7 Å². The van der Waals surface area contributed by atoms with Crippen LogP contribution < -0.4 is 16.0 Å². The fraction of sp³-hybridized carbons (Fsp3) is 0.667. The van der Waals surface area contributed by atoms with Gasteiger partial charge in [-0.2, -0.15) is 0 Å². The number of nitrogens with one attached hydrogen (secondary N) is 1. The van der Waals surface area contributed by atoms with Gasteiger partial charge in [0.1, 0.15) is 26.2 Å². The maximum Gasteiger partial charge on any atom is 0.330 e. The highest BCUT2D eigenvalue weighted by molar-refractivity contribution is 7.67. The standard InChI is InChI=1S/C12H18BN2O9P/c1-19-5-3-15(11(17)14-9(5)16)10-8-7(23-12(20-2)24-8)6(22-10)4-21-25(13)18/h3,6-8,10,12,25H,4,13H2,1-2H3,(H,14,16,17)/t6-,7?,8+,10-,12?/m1/s1. The summed E-state index contributed by atoms with van der Waals surface area (Å²) in [5.41, 5.74) is -1.34. The summed E-state index contributed by atoms with van der Waals surface area (Å²) in [6, 6.07) is 0. The number of rotatable bonds is 6. The van der Waals surface area contributed by atoms with Crippen LogP contribution in [0.15, 0.2) is 15.8 Å². The number of H-pyrrole nitrogens is 1. The average molecular weight is 376 g/mol. The van der Waals surface area contributed by atoms with Crippen molar-refractivity contribution >= 4 is 15.5 Å². The SMILES string of the molecule is B[PH](=O)OC[C@H]1O[C@@H](n2cc(OC)c(=O)[nH]c2=O)[C@H]2OC(OC)OC12. The summed E-state index contributed by atoms with van der Waals surface area (Å²) in [6.45, 7) is -0.927. The minimum atomic E-state index is -2.17. The summed E-state index contributed by atoms with van der Waals surface area (Å²) in [7, 11) is 2.01. The lowest BCUT2D eigenvalue weighted by Gasteiger charge is -2.21. The van der Waals surface area contributed by atoms with E-state index in [0.29, 0.717) is 0 Å². The molecule has 2 aliphatic heterocycles. The molecule has 3 heterocycles. The molecule has 0 bridgehead atoms. The Morgan fingerprint density at radius 3 is 2.64 bits per heavy atom. The van der Waals surface area contributed by atoms with E-state index in [1.807, 2.05) is 0 Å². The van der Waals surface area contributed by atoms with Gasteiger partial charge in [-0.1, -0.05) is 0 Å². The second-order valence-corrected chi connectivity index (χ2v) is 6.73. The Balaban J connectivity index is 1.92. The van der Waals surface area contributed by atoms with Gasteiger partial charge in [0.25, 0.3) is 12.0 Å². The Morgan fingerprint density at radius 2 is 2.00 bits per heavy atom. The maximum absolute atomic E-state index is 12.2. The predicted octanol–water partition coefficient (Wildman–Crippen LogP) is -1.80. The zero-order valence-corrected chi connectivity index (χ0v) is 14.8. The molecular weight excluding hydrogens is 358 g/mol. The molecule has 0 radical (unpaired) electrons. The zero-order valence-electron chi connectivity index (χ0n) is 13.8. The molecule has 13 heteroatoms. The van der Waals surface area contributed by atoms with Gasteiger partial charge in [0, 0.05) is 7.11 Å². The number of aromatic amines is 1. The minimum Gasteiger partial charge on any atom is -0.490 e. The Morgan fingerprint density at radius 1 is 1.28 bits per heavy atom. The summed E-state index contributed by atoms with van der Waals surface area (Å²) >= 11 is 0. The molecule has 2 saturated heterocycles. The van der Waals surface area contributed by atoms with Gasteiger partial charge in [-0.05, 0) is 0 Å². The molecule has 6 atom stereocenters.